The van der Waals surface area contributed by atoms with Crippen molar-refractivity contribution in [3.05, 3.63) is 64.2 Å². The number of methoxy groups -OCH3 is 1. The maximum atomic E-state index is 13.5. The first-order valence-electron chi connectivity index (χ1n) is 11.3. The number of anilines is 1. The summed E-state index contributed by atoms with van der Waals surface area (Å²) in [4.78, 5) is 17.1. The lowest BCUT2D eigenvalue weighted by molar-refractivity contribution is -0.137. The maximum absolute atomic E-state index is 13.5. The Morgan fingerprint density at radius 1 is 1.18 bits per heavy atom. The number of halogens is 3. The molecule has 2 aliphatic heterocycles. The Morgan fingerprint density at radius 3 is 2.50 bits per heavy atom. The molecular weight excluding hydrogens is 443 g/mol. The number of aryl methyl sites for hydroxylation is 2. The van der Waals surface area contributed by atoms with Crippen LogP contribution in [0, 0.1) is 36.5 Å². The summed E-state index contributed by atoms with van der Waals surface area (Å²) < 4.78 is 46.1. The molecule has 1 amide bonds. The zero-order valence-corrected chi connectivity index (χ0v) is 19.6. The van der Waals surface area contributed by atoms with Gasteiger partial charge in [-0.25, -0.2) is 0 Å². The van der Waals surface area contributed by atoms with Crippen LogP contribution in [0.3, 0.4) is 0 Å². The van der Waals surface area contributed by atoms with Gasteiger partial charge in [-0.15, -0.1) is 0 Å². The van der Waals surface area contributed by atoms with Crippen LogP contribution in [0.5, 0.6) is 0 Å². The molecule has 2 aliphatic rings. The Hall–Kier alpha value is -3.05. The van der Waals surface area contributed by atoms with Crippen LogP contribution in [0.25, 0.3) is 0 Å². The van der Waals surface area contributed by atoms with Crippen LogP contribution in [0.2, 0.25) is 0 Å². The Bertz CT molecular complexity index is 1120. The van der Waals surface area contributed by atoms with Crippen LogP contribution < -0.4 is 4.90 Å². The number of hydrogen-bond donors (Lipinski definition) is 0. The number of carbonyl (C=O) groups excluding carboxylic acids is 1. The molecule has 8 heteroatoms. The number of piperidine rings is 1. The second-order valence-electron chi connectivity index (χ2n) is 9.60. The fourth-order valence-electron chi connectivity index (χ4n) is 5.59. The molecule has 2 aromatic rings. The van der Waals surface area contributed by atoms with E-state index in [4.69, 9.17) is 10.00 Å². The SMILES string of the molecule is COC[C@@]12CN(C(=O)c3cc(C)cc(C)c3)CC[C@@H]1CN(c1ccc(C#N)c(C(F)(F)F)c1)C2. The van der Waals surface area contributed by atoms with E-state index in [2.05, 4.69) is 0 Å². The highest BCUT2D eigenvalue weighted by Crippen LogP contribution is 2.45. The summed E-state index contributed by atoms with van der Waals surface area (Å²) >= 11 is 0. The molecule has 2 saturated heterocycles. The number of alkyl halides is 3. The monoisotopic (exact) mass is 471 g/mol. The van der Waals surface area contributed by atoms with Crippen molar-refractivity contribution in [3.8, 4) is 6.07 Å². The molecule has 5 nitrogen and oxygen atoms in total. The molecule has 0 aromatic heterocycles. The van der Waals surface area contributed by atoms with Crippen molar-refractivity contribution in [2.75, 3.05) is 44.8 Å². The first-order chi connectivity index (χ1) is 16.1. The highest BCUT2D eigenvalue weighted by Gasteiger charge is 2.51. The average molecular weight is 472 g/mol. The molecule has 0 N–H and O–H groups in total. The van der Waals surface area contributed by atoms with Crippen LogP contribution >= 0.6 is 0 Å². The molecule has 0 unspecified atom stereocenters. The third kappa shape index (κ3) is 4.49. The number of nitriles is 1. The standard InChI is InChI=1S/C26H28F3N3O2/c1-17-8-18(2)10-20(9-17)24(33)31-7-6-21-13-32(15-25(21,14-31)16-34-3)22-5-4-19(12-30)23(11-22)26(27,28)29/h4-5,8-11,21H,6-7,13-16H2,1-3H3/t21-,25+/m1/s1. The number of fused-ring (bicyclic) bond motifs is 1. The summed E-state index contributed by atoms with van der Waals surface area (Å²) in [6.07, 6.45) is -3.86. The molecule has 180 valence electrons. The lowest BCUT2D eigenvalue weighted by atomic mass is 9.73. The van der Waals surface area contributed by atoms with E-state index in [1.54, 1.807) is 19.2 Å². The summed E-state index contributed by atoms with van der Waals surface area (Å²) in [5, 5.41) is 9.11. The molecule has 34 heavy (non-hydrogen) atoms. The third-order valence-electron chi connectivity index (χ3n) is 7.05. The summed E-state index contributed by atoms with van der Waals surface area (Å²) in [5.41, 5.74) is 1.45. The van der Waals surface area contributed by atoms with E-state index in [1.165, 1.54) is 6.07 Å². The number of amides is 1. The minimum absolute atomic E-state index is 0.0306. The van der Waals surface area contributed by atoms with Crippen LogP contribution in [-0.4, -0.2) is 50.7 Å². The zero-order valence-electron chi connectivity index (χ0n) is 19.6. The van der Waals surface area contributed by atoms with E-state index in [-0.39, 0.29) is 22.8 Å². The second-order valence-corrected chi connectivity index (χ2v) is 9.60. The van der Waals surface area contributed by atoms with Gasteiger partial charge in [-0.2, -0.15) is 18.4 Å². The maximum Gasteiger partial charge on any atom is 0.417 e. The molecule has 2 fully saturated rings. The van der Waals surface area contributed by atoms with Gasteiger partial charge in [0.25, 0.3) is 5.91 Å². The third-order valence-corrected chi connectivity index (χ3v) is 7.05. The number of likely N-dealkylation sites (tertiary alicyclic amines) is 1. The second kappa shape index (κ2) is 8.95. The Labute approximate surface area is 197 Å². The average Bonchev–Trinajstić information content (AvgIpc) is 3.15. The van der Waals surface area contributed by atoms with E-state index in [0.717, 1.165) is 23.6 Å². The number of rotatable bonds is 4. The largest absolute Gasteiger partial charge is 0.417 e. The predicted octanol–water partition coefficient (Wildman–Crippen LogP) is 4.81. The molecule has 0 aliphatic carbocycles. The van der Waals surface area contributed by atoms with Gasteiger partial charge in [0.05, 0.1) is 23.8 Å². The number of carbonyl (C=O) groups is 1. The Balaban J connectivity index is 1.61. The van der Waals surface area contributed by atoms with Crippen LogP contribution in [-0.2, 0) is 10.9 Å². The summed E-state index contributed by atoms with van der Waals surface area (Å²) in [6.45, 7) is 6.47. The van der Waals surface area contributed by atoms with Crippen LogP contribution in [0.4, 0.5) is 18.9 Å². The van der Waals surface area contributed by atoms with Crippen molar-refractivity contribution in [2.24, 2.45) is 11.3 Å². The highest BCUT2D eigenvalue weighted by molar-refractivity contribution is 5.94. The highest BCUT2D eigenvalue weighted by atomic mass is 19.4. The van der Waals surface area contributed by atoms with Gasteiger partial charge in [-0.3, -0.25) is 4.79 Å². The van der Waals surface area contributed by atoms with Gasteiger partial charge in [0.2, 0.25) is 0 Å². The summed E-state index contributed by atoms with van der Waals surface area (Å²) in [7, 11) is 1.61. The minimum atomic E-state index is -4.60. The molecule has 0 spiro atoms. The van der Waals surface area contributed by atoms with Gasteiger partial charge in [-0.1, -0.05) is 17.2 Å². The first-order valence-corrected chi connectivity index (χ1v) is 11.3. The normalized spacial score (nSPS) is 22.4. The first kappa shape index (κ1) is 24.1. The van der Waals surface area contributed by atoms with Crippen molar-refractivity contribution in [3.63, 3.8) is 0 Å². The Kier molecular flexibility index (Phi) is 6.34. The van der Waals surface area contributed by atoms with Gasteiger partial charge < -0.3 is 14.5 Å². The zero-order chi connectivity index (χ0) is 24.7. The van der Waals surface area contributed by atoms with Crippen molar-refractivity contribution < 1.29 is 22.7 Å². The van der Waals surface area contributed by atoms with Crippen molar-refractivity contribution in [2.45, 2.75) is 26.4 Å². The number of hydrogen-bond acceptors (Lipinski definition) is 4. The molecule has 0 bridgehead atoms. The van der Waals surface area contributed by atoms with Gasteiger partial charge in [0, 0.05) is 50.0 Å². The van der Waals surface area contributed by atoms with Crippen molar-refractivity contribution >= 4 is 11.6 Å². The van der Waals surface area contributed by atoms with E-state index in [1.807, 2.05) is 41.8 Å². The van der Waals surface area contributed by atoms with Gasteiger partial charge >= 0.3 is 6.18 Å². The van der Waals surface area contributed by atoms with E-state index in [0.29, 0.717) is 44.0 Å². The summed E-state index contributed by atoms with van der Waals surface area (Å²) in [5.74, 6) is 0.151. The molecule has 4 rings (SSSR count). The minimum Gasteiger partial charge on any atom is -0.384 e. The van der Waals surface area contributed by atoms with E-state index in [9.17, 15) is 18.0 Å². The molecule has 2 heterocycles. The van der Waals surface area contributed by atoms with Crippen LogP contribution in [0.1, 0.15) is 39.0 Å². The number of ether oxygens (including phenoxy) is 1. The van der Waals surface area contributed by atoms with Gasteiger partial charge in [0.1, 0.15) is 0 Å². The number of benzene rings is 2. The van der Waals surface area contributed by atoms with Gasteiger partial charge in [0.15, 0.2) is 0 Å². The van der Waals surface area contributed by atoms with E-state index < -0.39 is 11.7 Å². The fourth-order valence-corrected chi connectivity index (χ4v) is 5.59. The Morgan fingerprint density at radius 2 is 1.88 bits per heavy atom. The molecule has 2 atom stereocenters. The molecule has 0 saturated carbocycles. The topological polar surface area (TPSA) is 56.6 Å². The molecular formula is C26H28F3N3O2. The van der Waals surface area contributed by atoms with Crippen molar-refractivity contribution in [1.82, 2.24) is 4.90 Å². The molecule has 2 aromatic carbocycles. The lowest BCUT2D eigenvalue weighted by Crippen LogP contribution is -2.53. The predicted molar refractivity (Wildman–Crippen MR) is 123 cm³/mol. The summed E-state index contributed by atoms with van der Waals surface area (Å²) in [6, 6.07) is 11.3. The van der Waals surface area contributed by atoms with Crippen molar-refractivity contribution in [1.29, 1.82) is 5.26 Å². The molecule has 0 radical (unpaired) electrons. The quantitative estimate of drug-likeness (QED) is 0.642. The van der Waals surface area contributed by atoms with Gasteiger partial charge in [-0.05, 0) is 56.5 Å². The lowest BCUT2D eigenvalue weighted by Gasteiger charge is -2.43. The fraction of sp³-hybridized carbons (Fsp3) is 0.462. The van der Waals surface area contributed by atoms with E-state index >= 15 is 0 Å². The van der Waals surface area contributed by atoms with Crippen LogP contribution in [0.15, 0.2) is 36.4 Å². The number of nitrogens with zero attached hydrogens (tertiary/aromatic N) is 3. The smallest absolute Gasteiger partial charge is 0.384 e.